The molecule has 1 saturated carbocycles. The van der Waals surface area contributed by atoms with Crippen LogP contribution in [0.25, 0.3) is 0 Å². The molecular formula is C11H19NO. The average Bonchev–Trinajstić information content (AvgIpc) is 2.47. The van der Waals surface area contributed by atoms with Crippen LogP contribution in [-0.4, -0.2) is 11.8 Å². The molecule has 13 heavy (non-hydrogen) atoms. The fourth-order valence-electron chi connectivity index (χ4n) is 2.57. The molecule has 3 atom stereocenters. The molecule has 0 amide bonds. The number of oxime groups is 1. The summed E-state index contributed by atoms with van der Waals surface area (Å²) in [5, 5.41) is 4.09. The lowest BCUT2D eigenvalue weighted by Crippen LogP contribution is -2.32. The molecule has 2 nitrogen and oxygen atoms in total. The highest BCUT2D eigenvalue weighted by Crippen LogP contribution is 2.38. The molecule has 1 aliphatic carbocycles. The Bertz CT molecular complexity index is 222. The van der Waals surface area contributed by atoms with Gasteiger partial charge in [-0.05, 0) is 38.0 Å². The van der Waals surface area contributed by atoms with Gasteiger partial charge in [0, 0.05) is 5.92 Å². The lowest BCUT2D eigenvalue weighted by molar-refractivity contribution is 0.0211. The minimum Gasteiger partial charge on any atom is -0.392 e. The molecule has 3 unspecified atom stereocenters. The van der Waals surface area contributed by atoms with Gasteiger partial charge in [0.15, 0.2) is 0 Å². The van der Waals surface area contributed by atoms with Crippen LogP contribution >= 0.6 is 0 Å². The quantitative estimate of drug-likeness (QED) is 0.609. The highest BCUT2D eigenvalue weighted by Gasteiger charge is 2.38. The predicted octanol–water partition coefficient (Wildman–Crippen LogP) is 2.83. The fourth-order valence-corrected chi connectivity index (χ4v) is 2.57. The second-order valence-corrected chi connectivity index (χ2v) is 4.80. The van der Waals surface area contributed by atoms with Gasteiger partial charge in [0.05, 0.1) is 5.71 Å². The molecule has 1 fully saturated rings. The van der Waals surface area contributed by atoms with Gasteiger partial charge in [-0.1, -0.05) is 19.0 Å². The fraction of sp³-hybridized carbons (Fsp3) is 0.909. The van der Waals surface area contributed by atoms with Crippen LogP contribution in [0.3, 0.4) is 0 Å². The van der Waals surface area contributed by atoms with E-state index in [9.17, 15) is 0 Å². The normalized spacial score (nSPS) is 38.5. The van der Waals surface area contributed by atoms with Gasteiger partial charge in [-0.15, -0.1) is 0 Å². The molecule has 0 aromatic carbocycles. The van der Waals surface area contributed by atoms with Crippen LogP contribution in [0.1, 0.15) is 40.0 Å². The molecule has 2 rings (SSSR count). The van der Waals surface area contributed by atoms with Crippen molar-refractivity contribution >= 4 is 5.71 Å². The standard InChI is InChI=1S/C11H19NO/c1-7(2)9-4-5-11-10(6-9)8(3)12-13-11/h7,9-11H,4-6H2,1-3H3. The molecule has 74 valence electrons. The Balaban J connectivity index is 2.02. The molecule has 2 aliphatic rings. The maximum atomic E-state index is 5.39. The van der Waals surface area contributed by atoms with Crippen LogP contribution in [0, 0.1) is 17.8 Å². The van der Waals surface area contributed by atoms with Crippen molar-refractivity contribution in [3.05, 3.63) is 0 Å². The molecule has 1 aliphatic heterocycles. The van der Waals surface area contributed by atoms with Crippen LogP contribution in [0.5, 0.6) is 0 Å². The largest absolute Gasteiger partial charge is 0.392 e. The summed E-state index contributed by atoms with van der Waals surface area (Å²) in [6.07, 6.45) is 4.23. The Kier molecular flexibility index (Phi) is 2.31. The van der Waals surface area contributed by atoms with Crippen molar-refractivity contribution in [2.24, 2.45) is 22.9 Å². The van der Waals surface area contributed by atoms with E-state index in [0.717, 1.165) is 11.8 Å². The van der Waals surface area contributed by atoms with E-state index < -0.39 is 0 Å². The first-order valence-electron chi connectivity index (χ1n) is 5.38. The summed E-state index contributed by atoms with van der Waals surface area (Å²) < 4.78 is 0. The molecule has 0 bridgehead atoms. The molecule has 1 heterocycles. The van der Waals surface area contributed by atoms with Gasteiger partial charge in [-0.3, -0.25) is 0 Å². The van der Waals surface area contributed by atoms with E-state index in [4.69, 9.17) is 4.84 Å². The third-order valence-electron chi connectivity index (χ3n) is 3.64. The zero-order valence-electron chi connectivity index (χ0n) is 8.79. The maximum Gasteiger partial charge on any atom is 0.135 e. The maximum absolute atomic E-state index is 5.39. The second kappa shape index (κ2) is 3.32. The van der Waals surface area contributed by atoms with Crippen molar-refractivity contribution in [1.29, 1.82) is 0 Å². The van der Waals surface area contributed by atoms with Crippen LogP contribution in [0.15, 0.2) is 5.16 Å². The van der Waals surface area contributed by atoms with Crippen LogP contribution < -0.4 is 0 Å². The number of hydrogen-bond acceptors (Lipinski definition) is 2. The first kappa shape index (κ1) is 9.04. The van der Waals surface area contributed by atoms with E-state index in [-0.39, 0.29) is 0 Å². The third-order valence-corrected chi connectivity index (χ3v) is 3.64. The van der Waals surface area contributed by atoms with Gasteiger partial charge in [0.1, 0.15) is 6.10 Å². The minimum atomic E-state index is 0.412. The molecule has 2 heteroatoms. The molecule has 0 aromatic heterocycles. The van der Waals surface area contributed by atoms with Gasteiger partial charge in [-0.2, -0.15) is 0 Å². The Hall–Kier alpha value is -0.530. The van der Waals surface area contributed by atoms with E-state index in [1.165, 1.54) is 25.0 Å². The van der Waals surface area contributed by atoms with Crippen molar-refractivity contribution in [1.82, 2.24) is 0 Å². The van der Waals surface area contributed by atoms with E-state index in [1.54, 1.807) is 0 Å². The molecular weight excluding hydrogens is 162 g/mol. The Morgan fingerprint density at radius 2 is 2.15 bits per heavy atom. The summed E-state index contributed by atoms with van der Waals surface area (Å²) >= 11 is 0. The highest BCUT2D eigenvalue weighted by atomic mass is 16.6. The van der Waals surface area contributed by atoms with Gasteiger partial charge in [-0.25, -0.2) is 0 Å². The van der Waals surface area contributed by atoms with Crippen molar-refractivity contribution in [3.63, 3.8) is 0 Å². The summed E-state index contributed by atoms with van der Waals surface area (Å²) in [7, 11) is 0. The molecule has 0 aromatic rings. The SMILES string of the molecule is CC1=NOC2CCC(C(C)C)CC12. The van der Waals surface area contributed by atoms with E-state index >= 15 is 0 Å². The van der Waals surface area contributed by atoms with Crippen molar-refractivity contribution < 1.29 is 4.84 Å². The highest BCUT2D eigenvalue weighted by molar-refractivity contribution is 5.85. The number of hydrogen-bond donors (Lipinski definition) is 0. The summed E-state index contributed by atoms with van der Waals surface area (Å²) in [5.74, 6) is 2.32. The first-order chi connectivity index (χ1) is 6.18. The van der Waals surface area contributed by atoms with E-state index in [1.807, 2.05) is 0 Å². The molecule has 0 radical (unpaired) electrons. The van der Waals surface area contributed by atoms with Crippen LogP contribution in [-0.2, 0) is 4.84 Å². The Morgan fingerprint density at radius 3 is 2.85 bits per heavy atom. The molecule has 0 spiro atoms. The third kappa shape index (κ3) is 1.59. The summed E-state index contributed by atoms with van der Waals surface area (Å²) in [6.45, 7) is 6.76. The number of rotatable bonds is 1. The number of fused-ring (bicyclic) bond motifs is 1. The first-order valence-corrected chi connectivity index (χ1v) is 5.38. The van der Waals surface area contributed by atoms with Crippen LogP contribution in [0.4, 0.5) is 0 Å². The van der Waals surface area contributed by atoms with Gasteiger partial charge in [0.2, 0.25) is 0 Å². The summed E-state index contributed by atoms with van der Waals surface area (Å²) in [4.78, 5) is 5.39. The minimum absolute atomic E-state index is 0.412. The summed E-state index contributed by atoms with van der Waals surface area (Å²) in [6, 6.07) is 0. The summed E-state index contributed by atoms with van der Waals surface area (Å²) in [5.41, 5.74) is 1.22. The van der Waals surface area contributed by atoms with Gasteiger partial charge >= 0.3 is 0 Å². The van der Waals surface area contributed by atoms with Crippen molar-refractivity contribution in [2.45, 2.75) is 46.1 Å². The van der Waals surface area contributed by atoms with Crippen molar-refractivity contribution in [2.75, 3.05) is 0 Å². The zero-order valence-corrected chi connectivity index (χ0v) is 8.79. The second-order valence-electron chi connectivity index (χ2n) is 4.80. The predicted molar refractivity (Wildman–Crippen MR) is 53.7 cm³/mol. The zero-order chi connectivity index (χ0) is 9.42. The Labute approximate surface area is 80.3 Å². The smallest absolute Gasteiger partial charge is 0.135 e. The van der Waals surface area contributed by atoms with Crippen molar-refractivity contribution in [3.8, 4) is 0 Å². The average molecular weight is 181 g/mol. The topological polar surface area (TPSA) is 21.6 Å². The van der Waals surface area contributed by atoms with Gasteiger partial charge < -0.3 is 4.84 Å². The monoisotopic (exact) mass is 181 g/mol. The lowest BCUT2D eigenvalue weighted by atomic mass is 9.73. The van der Waals surface area contributed by atoms with E-state index in [0.29, 0.717) is 12.0 Å². The lowest BCUT2D eigenvalue weighted by Gasteiger charge is -2.32. The van der Waals surface area contributed by atoms with E-state index in [2.05, 4.69) is 25.9 Å². The molecule has 0 N–H and O–H groups in total. The number of nitrogens with zero attached hydrogens (tertiary/aromatic N) is 1. The van der Waals surface area contributed by atoms with Crippen LogP contribution in [0.2, 0.25) is 0 Å². The van der Waals surface area contributed by atoms with Gasteiger partial charge in [0.25, 0.3) is 0 Å². The Morgan fingerprint density at radius 1 is 1.38 bits per heavy atom. The molecule has 0 saturated heterocycles.